The second-order valence-electron chi connectivity index (χ2n) is 8.71. The molecule has 3 aliphatic rings. The van der Waals surface area contributed by atoms with Crippen LogP contribution in [0.25, 0.3) is 0 Å². The van der Waals surface area contributed by atoms with Gasteiger partial charge in [-0.3, -0.25) is 9.59 Å². The van der Waals surface area contributed by atoms with Crippen LogP contribution in [0, 0.1) is 6.92 Å². The Morgan fingerprint density at radius 3 is 2.59 bits per heavy atom. The molecule has 10 nitrogen and oxygen atoms in total. The number of ether oxygens (including phenoxy) is 2. The van der Waals surface area contributed by atoms with Crippen molar-refractivity contribution in [2.24, 2.45) is 0 Å². The summed E-state index contributed by atoms with van der Waals surface area (Å²) in [6, 6.07) is 12.0. The zero-order chi connectivity index (χ0) is 25.9. The molecule has 11 heteroatoms. The van der Waals surface area contributed by atoms with Crippen LogP contribution in [-0.4, -0.2) is 70.5 Å². The molecule has 37 heavy (non-hydrogen) atoms. The average molecular weight is 522 g/mol. The Morgan fingerprint density at radius 1 is 1.05 bits per heavy atom. The van der Waals surface area contributed by atoms with Crippen molar-refractivity contribution in [2.75, 3.05) is 31.6 Å². The fraction of sp³-hybridized carbons (Fsp3) is 0.269. The monoisotopic (exact) mass is 521 g/mol. The van der Waals surface area contributed by atoms with Crippen LogP contribution in [0.4, 0.5) is 10.5 Å². The van der Waals surface area contributed by atoms with E-state index >= 15 is 0 Å². The van der Waals surface area contributed by atoms with Gasteiger partial charge in [-0.25, -0.2) is 4.79 Å². The van der Waals surface area contributed by atoms with Gasteiger partial charge in [0.25, 0.3) is 11.8 Å². The predicted molar refractivity (Wildman–Crippen MR) is 137 cm³/mol. The van der Waals surface area contributed by atoms with Crippen LogP contribution in [-0.2, 0) is 20.9 Å². The SMILES string of the molecule is Cc1ccc(CNC(=O)CN2C(=O)C3SC=CC3=[N+](CC(=O)Nc3ccc4c(c3)OCCO4)C2=O)cc1. The van der Waals surface area contributed by atoms with E-state index in [2.05, 4.69) is 10.6 Å². The molecule has 2 aromatic rings. The number of benzene rings is 2. The Kier molecular flexibility index (Phi) is 6.95. The standard InChI is InChI=1S/C26H24N4O6S/c1-16-2-4-17(5-3-16)13-27-22(31)14-30-25(33)24-19(8-11-37-24)29(26(30)34)15-23(32)28-18-6-7-20-21(12-18)36-10-9-35-20/h2-8,11-12,24H,9-10,13-15H2,1H3,(H-,27,28,31,32)/p+1. The number of carbonyl (C=O) groups is 4. The number of aryl methyl sites for hydroxylation is 1. The Bertz CT molecular complexity index is 1340. The summed E-state index contributed by atoms with van der Waals surface area (Å²) in [6.07, 6.45) is 1.65. The van der Waals surface area contributed by atoms with Gasteiger partial charge < -0.3 is 20.1 Å². The number of imide groups is 1. The zero-order valence-electron chi connectivity index (χ0n) is 20.1. The predicted octanol–water partition coefficient (Wildman–Crippen LogP) is 2.07. The smallest absolute Gasteiger partial charge is 0.486 e. The summed E-state index contributed by atoms with van der Waals surface area (Å²) in [7, 11) is 0. The summed E-state index contributed by atoms with van der Waals surface area (Å²) < 4.78 is 12.3. The van der Waals surface area contributed by atoms with Crippen LogP contribution >= 0.6 is 11.8 Å². The number of allylic oxidation sites excluding steroid dienone is 1. The molecule has 1 unspecified atom stereocenters. The molecule has 0 saturated carbocycles. The Balaban J connectivity index is 1.26. The number of carbonyl (C=O) groups excluding carboxylic acids is 4. The van der Waals surface area contributed by atoms with E-state index < -0.39 is 35.5 Å². The third-order valence-corrected chi connectivity index (χ3v) is 7.03. The lowest BCUT2D eigenvalue weighted by atomic mass is 10.1. The van der Waals surface area contributed by atoms with E-state index in [4.69, 9.17) is 9.47 Å². The molecule has 0 fully saturated rings. The van der Waals surface area contributed by atoms with Crippen LogP contribution in [0.1, 0.15) is 11.1 Å². The third-order valence-electron chi connectivity index (χ3n) is 6.03. The molecule has 0 bridgehead atoms. The topological polar surface area (TPSA) is 117 Å². The first-order valence-corrected chi connectivity index (χ1v) is 12.7. The van der Waals surface area contributed by atoms with E-state index in [-0.39, 0.29) is 13.1 Å². The van der Waals surface area contributed by atoms with Crippen LogP contribution in [0.2, 0.25) is 0 Å². The molecule has 0 aromatic heterocycles. The molecular formula is C26H25N4O6S+. The number of fused-ring (bicyclic) bond motifs is 2. The van der Waals surface area contributed by atoms with Gasteiger partial charge in [0.15, 0.2) is 29.8 Å². The van der Waals surface area contributed by atoms with Gasteiger partial charge in [0.2, 0.25) is 0 Å². The van der Waals surface area contributed by atoms with Crippen LogP contribution < -0.4 is 20.1 Å². The molecule has 2 N–H and O–H groups in total. The molecule has 0 radical (unpaired) electrons. The normalized spacial score (nSPS) is 18.1. The lowest BCUT2D eigenvalue weighted by Gasteiger charge is -2.24. The fourth-order valence-electron chi connectivity index (χ4n) is 4.13. The Labute approximate surface area is 217 Å². The summed E-state index contributed by atoms with van der Waals surface area (Å²) in [5.41, 5.74) is 2.92. The number of hydrogen-bond acceptors (Lipinski definition) is 7. The number of urea groups is 1. The zero-order valence-corrected chi connectivity index (χ0v) is 20.9. The lowest BCUT2D eigenvalue weighted by molar-refractivity contribution is -0.425. The second-order valence-corrected chi connectivity index (χ2v) is 9.72. The van der Waals surface area contributed by atoms with Gasteiger partial charge in [-0.1, -0.05) is 29.8 Å². The number of rotatable bonds is 7. The number of nitrogens with zero attached hydrogens (tertiary/aromatic N) is 2. The molecule has 1 atom stereocenters. The molecular weight excluding hydrogens is 496 g/mol. The highest BCUT2D eigenvalue weighted by atomic mass is 32.2. The Hall–Kier alpha value is -4.12. The summed E-state index contributed by atoms with van der Waals surface area (Å²) in [5.74, 6) is -0.293. The van der Waals surface area contributed by atoms with Crippen molar-refractivity contribution in [3.63, 3.8) is 0 Å². The van der Waals surface area contributed by atoms with Crippen molar-refractivity contribution in [3.05, 3.63) is 65.1 Å². The maximum Gasteiger partial charge on any atom is 0.501 e. The number of hydrogen-bond donors (Lipinski definition) is 2. The van der Waals surface area contributed by atoms with Gasteiger partial charge in [-0.05, 0) is 36.1 Å². The highest BCUT2D eigenvalue weighted by molar-refractivity contribution is 8.04. The van der Waals surface area contributed by atoms with Gasteiger partial charge in [0, 0.05) is 18.3 Å². The van der Waals surface area contributed by atoms with Gasteiger partial charge in [0.1, 0.15) is 18.9 Å². The largest absolute Gasteiger partial charge is 0.501 e. The van der Waals surface area contributed by atoms with Gasteiger partial charge in [0.05, 0.1) is 0 Å². The average Bonchev–Trinajstić information content (AvgIpc) is 3.39. The molecule has 5 rings (SSSR count). The molecule has 3 heterocycles. The van der Waals surface area contributed by atoms with E-state index in [0.717, 1.165) is 16.0 Å². The fourth-order valence-corrected chi connectivity index (χ4v) is 5.09. The first-order chi connectivity index (χ1) is 17.9. The lowest BCUT2D eigenvalue weighted by Crippen LogP contribution is -2.58. The van der Waals surface area contributed by atoms with E-state index in [1.807, 2.05) is 31.2 Å². The molecule has 0 saturated heterocycles. The number of anilines is 1. The number of amides is 5. The van der Waals surface area contributed by atoms with Gasteiger partial charge in [-0.15, -0.1) is 16.7 Å². The van der Waals surface area contributed by atoms with E-state index in [9.17, 15) is 19.2 Å². The van der Waals surface area contributed by atoms with E-state index in [0.29, 0.717) is 36.1 Å². The maximum atomic E-state index is 13.3. The van der Waals surface area contributed by atoms with Crippen molar-refractivity contribution in [2.45, 2.75) is 18.7 Å². The first-order valence-electron chi connectivity index (χ1n) is 11.7. The summed E-state index contributed by atoms with van der Waals surface area (Å²) in [5, 5.41) is 6.52. The highest BCUT2D eigenvalue weighted by Crippen LogP contribution is 2.32. The summed E-state index contributed by atoms with van der Waals surface area (Å²) in [4.78, 5) is 52.7. The van der Waals surface area contributed by atoms with Crippen molar-refractivity contribution in [3.8, 4) is 11.5 Å². The van der Waals surface area contributed by atoms with Crippen molar-refractivity contribution in [1.29, 1.82) is 0 Å². The highest BCUT2D eigenvalue weighted by Gasteiger charge is 2.50. The van der Waals surface area contributed by atoms with E-state index in [1.54, 1.807) is 29.7 Å². The van der Waals surface area contributed by atoms with Crippen LogP contribution in [0.3, 0.4) is 0 Å². The van der Waals surface area contributed by atoms with E-state index in [1.165, 1.54) is 16.3 Å². The minimum absolute atomic E-state index is 0.272. The summed E-state index contributed by atoms with van der Waals surface area (Å²) >= 11 is 1.23. The molecule has 0 aliphatic carbocycles. The number of thioether (sulfide) groups is 1. The number of nitrogens with one attached hydrogen (secondary N) is 2. The van der Waals surface area contributed by atoms with Gasteiger partial charge in [-0.2, -0.15) is 9.37 Å². The summed E-state index contributed by atoms with van der Waals surface area (Å²) in [6.45, 7) is 2.36. The Morgan fingerprint density at radius 2 is 1.81 bits per heavy atom. The van der Waals surface area contributed by atoms with Crippen molar-refractivity contribution in [1.82, 2.24) is 10.2 Å². The molecule has 2 aromatic carbocycles. The van der Waals surface area contributed by atoms with Gasteiger partial charge >= 0.3 is 11.9 Å². The van der Waals surface area contributed by atoms with Crippen molar-refractivity contribution >= 4 is 46.9 Å². The molecule has 5 amide bonds. The minimum Gasteiger partial charge on any atom is -0.486 e. The second kappa shape index (κ2) is 10.5. The minimum atomic E-state index is -0.716. The molecule has 0 spiro atoms. The first kappa shape index (κ1) is 24.6. The van der Waals surface area contributed by atoms with Crippen LogP contribution in [0.5, 0.6) is 11.5 Å². The van der Waals surface area contributed by atoms with Crippen molar-refractivity contribution < 1.29 is 33.2 Å². The maximum absolute atomic E-state index is 13.3. The van der Waals surface area contributed by atoms with Crippen LogP contribution in [0.15, 0.2) is 53.9 Å². The molecule has 190 valence electrons. The molecule has 3 aliphatic heterocycles. The third kappa shape index (κ3) is 5.36. The quantitative estimate of drug-likeness (QED) is 0.536.